The van der Waals surface area contributed by atoms with Crippen LogP contribution in [0.15, 0.2) is 48.7 Å². The quantitative estimate of drug-likeness (QED) is 0.876. The molecule has 0 saturated heterocycles. The van der Waals surface area contributed by atoms with Crippen molar-refractivity contribution in [2.24, 2.45) is 0 Å². The minimum absolute atomic E-state index is 0.157. The van der Waals surface area contributed by atoms with Gasteiger partial charge in [0.05, 0.1) is 11.7 Å². The number of carbonyl (C=O) groups is 1. The van der Waals surface area contributed by atoms with Crippen LogP contribution in [0.2, 0.25) is 0 Å². The first-order valence-corrected chi connectivity index (χ1v) is 6.61. The van der Waals surface area contributed by atoms with Crippen LogP contribution in [0.25, 0.3) is 0 Å². The lowest BCUT2D eigenvalue weighted by Crippen LogP contribution is -2.26. The maximum absolute atomic E-state index is 12.0. The number of aliphatic hydroxyl groups excluding tert-OH is 1. The highest BCUT2D eigenvalue weighted by Gasteiger charge is 2.10. The van der Waals surface area contributed by atoms with Gasteiger partial charge in [-0.1, -0.05) is 30.3 Å². The van der Waals surface area contributed by atoms with Crippen LogP contribution < -0.4 is 5.32 Å². The minimum atomic E-state index is -0.563. The molecule has 0 bridgehead atoms. The highest BCUT2D eigenvalue weighted by molar-refractivity contribution is 5.95. The summed E-state index contributed by atoms with van der Waals surface area (Å²) in [7, 11) is 0. The SMILES string of the molecule is Cc1ncccc1C(=O)NCCC(O)c1ccccc1. The number of benzene rings is 1. The number of carbonyl (C=O) groups excluding carboxylic acids is 1. The van der Waals surface area contributed by atoms with E-state index in [0.29, 0.717) is 24.2 Å². The van der Waals surface area contributed by atoms with Crippen LogP contribution in [0.4, 0.5) is 0 Å². The van der Waals surface area contributed by atoms with Crippen molar-refractivity contribution in [3.63, 3.8) is 0 Å². The van der Waals surface area contributed by atoms with Crippen LogP contribution in [0.3, 0.4) is 0 Å². The maximum atomic E-state index is 12.0. The molecule has 0 aliphatic heterocycles. The highest BCUT2D eigenvalue weighted by Crippen LogP contribution is 2.15. The van der Waals surface area contributed by atoms with Gasteiger partial charge in [0.2, 0.25) is 0 Å². The summed E-state index contributed by atoms with van der Waals surface area (Å²) >= 11 is 0. The predicted octanol–water partition coefficient (Wildman–Crippen LogP) is 2.24. The summed E-state index contributed by atoms with van der Waals surface area (Å²) in [6.45, 7) is 2.22. The minimum Gasteiger partial charge on any atom is -0.388 e. The number of amides is 1. The summed E-state index contributed by atoms with van der Waals surface area (Å²) < 4.78 is 0. The summed E-state index contributed by atoms with van der Waals surface area (Å²) in [6, 6.07) is 12.9. The largest absolute Gasteiger partial charge is 0.388 e. The van der Waals surface area contributed by atoms with Gasteiger partial charge in [-0.15, -0.1) is 0 Å². The molecule has 1 heterocycles. The van der Waals surface area contributed by atoms with Crippen LogP contribution >= 0.6 is 0 Å². The normalized spacial score (nSPS) is 11.9. The molecule has 0 aliphatic carbocycles. The molecule has 2 aromatic rings. The molecule has 0 spiro atoms. The van der Waals surface area contributed by atoms with Gasteiger partial charge in [-0.25, -0.2) is 0 Å². The summed E-state index contributed by atoms with van der Waals surface area (Å²) in [4.78, 5) is 16.0. The molecule has 4 nitrogen and oxygen atoms in total. The number of aromatic nitrogens is 1. The Morgan fingerprint density at radius 2 is 2.00 bits per heavy atom. The molecule has 0 radical (unpaired) electrons. The molecule has 0 saturated carbocycles. The smallest absolute Gasteiger partial charge is 0.253 e. The second-order valence-corrected chi connectivity index (χ2v) is 4.61. The highest BCUT2D eigenvalue weighted by atomic mass is 16.3. The number of aliphatic hydroxyl groups is 1. The molecule has 4 heteroatoms. The van der Waals surface area contributed by atoms with Crippen LogP contribution in [0.5, 0.6) is 0 Å². The molecule has 104 valence electrons. The third-order valence-corrected chi connectivity index (χ3v) is 3.14. The van der Waals surface area contributed by atoms with Crippen molar-refractivity contribution in [3.8, 4) is 0 Å². The molecule has 1 aromatic carbocycles. The topological polar surface area (TPSA) is 62.2 Å². The molecule has 1 unspecified atom stereocenters. The van der Waals surface area contributed by atoms with Gasteiger partial charge in [0.1, 0.15) is 0 Å². The van der Waals surface area contributed by atoms with Gasteiger partial charge in [0, 0.05) is 18.4 Å². The number of pyridine rings is 1. The molecular weight excluding hydrogens is 252 g/mol. The Morgan fingerprint density at radius 3 is 2.70 bits per heavy atom. The number of hydrogen-bond acceptors (Lipinski definition) is 3. The van der Waals surface area contributed by atoms with E-state index in [1.807, 2.05) is 30.3 Å². The molecular formula is C16H18N2O2. The first-order valence-electron chi connectivity index (χ1n) is 6.61. The molecule has 1 amide bonds. The Hall–Kier alpha value is -2.20. The van der Waals surface area contributed by atoms with Crippen molar-refractivity contribution in [2.45, 2.75) is 19.4 Å². The zero-order chi connectivity index (χ0) is 14.4. The summed E-state index contributed by atoms with van der Waals surface area (Å²) in [5.41, 5.74) is 2.13. The van der Waals surface area contributed by atoms with Gasteiger partial charge < -0.3 is 10.4 Å². The van der Waals surface area contributed by atoms with Gasteiger partial charge in [0.15, 0.2) is 0 Å². The van der Waals surface area contributed by atoms with Gasteiger partial charge in [-0.2, -0.15) is 0 Å². The summed E-state index contributed by atoms with van der Waals surface area (Å²) in [5, 5.41) is 12.8. The van der Waals surface area contributed by atoms with Crippen molar-refractivity contribution in [3.05, 3.63) is 65.5 Å². The van der Waals surface area contributed by atoms with Gasteiger partial charge in [-0.05, 0) is 31.0 Å². The number of rotatable bonds is 5. The Morgan fingerprint density at radius 1 is 1.25 bits per heavy atom. The van der Waals surface area contributed by atoms with E-state index < -0.39 is 6.10 Å². The second kappa shape index (κ2) is 6.82. The Labute approximate surface area is 118 Å². The average Bonchev–Trinajstić information content (AvgIpc) is 2.48. The summed E-state index contributed by atoms with van der Waals surface area (Å²) in [6.07, 6.45) is 1.58. The molecule has 0 fully saturated rings. The zero-order valence-electron chi connectivity index (χ0n) is 11.4. The lowest BCUT2D eigenvalue weighted by Gasteiger charge is -2.12. The lowest BCUT2D eigenvalue weighted by molar-refractivity contribution is 0.0941. The standard InChI is InChI=1S/C16H18N2O2/c1-12-14(8-5-10-17-12)16(20)18-11-9-15(19)13-6-3-2-4-7-13/h2-8,10,15,19H,9,11H2,1H3,(H,18,20). The van der Waals surface area contributed by atoms with Gasteiger partial charge in [0.25, 0.3) is 5.91 Å². The van der Waals surface area contributed by atoms with E-state index >= 15 is 0 Å². The average molecular weight is 270 g/mol. The van der Waals surface area contributed by atoms with E-state index in [9.17, 15) is 9.90 Å². The molecule has 1 aromatic heterocycles. The van der Waals surface area contributed by atoms with Crippen molar-refractivity contribution in [1.82, 2.24) is 10.3 Å². The van der Waals surface area contributed by atoms with E-state index in [4.69, 9.17) is 0 Å². The fourth-order valence-electron chi connectivity index (χ4n) is 1.98. The van der Waals surface area contributed by atoms with E-state index in [2.05, 4.69) is 10.3 Å². The van der Waals surface area contributed by atoms with Crippen LogP contribution in [-0.4, -0.2) is 22.5 Å². The van der Waals surface area contributed by atoms with Crippen LogP contribution in [0.1, 0.15) is 34.1 Å². The molecule has 0 aliphatic rings. The third-order valence-electron chi connectivity index (χ3n) is 3.14. The third kappa shape index (κ3) is 3.65. The summed E-state index contributed by atoms with van der Waals surface area (Å²) in [5.74, 6) is -0.157. The monoisotopic (exact) mass is 270 g/mol. The Kier molecular flexibility index (Phi) is 4.85. The fraction of sp³-hybridized carbons (Fsp3) is 0.250. The maximum Gasteiger partial charge on any atom is 0.253 e. The van der Waals surface area contributed by atoms with Crippen molar-refractivity contribution < 1.29 is 9.90 Å². The van der Waals surface area contributed by atoms with Crippen molar-refractivity contribution >= 4 is 5.91 Å². The lowest BCUT2D eigenvalue weighted by atomic mass is 10.1. The van der Waals surface area contributed by atoms with E-state index in [1.54, 1.807) is 25.3 Å². The fourth-order valence-corrected chi connectivity index (χ4v) is 1.98. The molecule has 20 heavy (non-hydrogen) atoms. The molecule has 2 N–H and O–H groups in total. The predicted molar refractivity (Wildman–Crippen MR) is 77.3 cm³/mol. The zero-order valence-corrected chi connectivity index (χ0v) is 11.4. The van der Waals surface area contributed by atoms with Gasteiger partial charge in [-0.3, -0.25) is 9.78 Å². The van der Waals surface area contributed by atoms with Crippen molar-refractivity contribution in [2.75, 3.05) is 6.54 Å². The van der Waals surface area contributed by atoms with E-state index in [-0.39, 0.29) is 5.91 Å². The first kappa shape index (κ1) is 14.2. The van der Waals surface area contributed by atoms with Crippen molar-refractivity contribution in [1.29, 1.82) is 0 Å². The number of hydrogen-bond donors (Lipinski definition) is 2. The van der Waals surface area contributed by atoms with Gasteiger partial charge >= 0.3 is 0 Å². The van der Waals surface area contributed by atoms with E-state index in [0.717, 1.165) is 5.56 Å². The number of aryl methyl sites for hydroxylation is 1. The molecule has 1 atom stereocenters. The van der Waals surface area contributed by atoms with Crippen LogP contribution in [0, 0.1) is 6.92 Å². The number of nitrogens with zero attached hydrogens (tertiary/aromatic N) is 1. The molecule has 2 rings (SSSR count). The second-order valence-electron chi connectivity index (χ2n) is 4.61. The van der Waals surface area contributed by atoms with Crippen LogP contribution in [-0.2, 0) is 0 Å². The Balaban J connectivity index is 1.84. The van der Waals surface area contributed by atoms with E-state index in [1.165, 1.54) is 0 Å². The first-order chi connectivity index (χ1) is 9.68. The number of nitrogens with one attached hydrogen (secondary N) is 1. The Bertz CT molecular complexity index is 570.